The molecule has 7 atom stereocenters. The minimum atomic E-state index is -5.26. The van der Waals surface area contributed by atoms with Crippen LogP contribution in [-0.4, -0.2) is 81.9 Å². The van der Waals surface area contributed by atoms with Gasteiger partial charge in [-0.15, -0.1) is 9.35 Å². The fourth-order valence-corrected chi connectivity index (χ4v) is 6.97. The summed E-state index contributed by atoms with van der Waals surface area (Å²) in [5.74, 6) is -0.508. The van der Waals surface area contributed by atoms with E-state index in [0.717, 1.165) is 28.4 Å². The van der Waals surface area contributed by atoms with Gasteiger partial charge in [0, 0.05) is 20.1 Å². The van der Waals surface area contributed by atoms with E-state index in [9.17, 15) is 23.7 Å². The van der Waals surface area contributed by atoms with Crippen molar-refractivity contribution in [2.24, 2.45) is 5.92 Å². The number of aliphatic hydroxyl groups excluding tert-OH is 2. The smallest absolute Gasteiger partial charge is 0.400 e. The van der Waals surface area contributed by atoms with Gasteiger partial charge in [0.05, 0.1) is 33.3 Å². The normalized spacial score (nSPS) is 25.5. The predicted molar refractivity (Wildman–Crippen MR) is 130 cm³/mol. The van der Waals surface area contributed by atoms with E-state index >= 15 is 0 Å². The van der Waals surface area contributed by atoms with Gasteiger partial charge in [-0.05, 0) is 0 Å². The largest absolute Gasteiger partial charge is 0.519 e. The molecule has 1 fully saturated rings. The Morgan fingerprint density at radius 3 is 2.26 bits per heavy atom. The molecule has 20 nitrogen and oxygen atoms in total. The Labute approximate surface area is 222 Å². The van der Waals surface area contributed by atoms with Gasteiger partial charge in [0.15, 0.2) is 17.7 Å². The molecular weight excluding hydrogens is 595 g/mol. The number of nitrogens with two attached hydrogens (primary N) is 1. The first-order valence-corrected chi connectivity index (χ1v) is 14.6. The van der Waals surface area contributed by atoms with E-state index < -0.39 is 54.4 Å². The molecule has 2 aromatic rings. The highest BCUT2D eigenvalue weighted by atomic mass is 31.3. The number of hydrogen-bond donors (Lipinski definition) is 4. The first kappa shape index (κ1) is 35.6. The molecule has 1 aliphatic rings. The zero-order chi connectivity index (χ0) is 28.7. The highest BCUT2D eigenvalue weighted by Gasteiger charge is 2.49. The average molecular weight is 627 g/mol. The van der Waals surface area contributed by atoms with Crippen molar-refractivity contribution in [3.05, 3.63) is 12.7 Å². The van der Waals surface area contributed by atoms with Gasteiger partial charge in [0.2, 0.25) is 0 Å². The second-order valence-corrected chi connectivity index (χ2v) is 11.9. The fraction of sp³-hybridized carbons (Fsp3) is 0.688. The van der Waals surface area contributed by atoms with Crippen molar-refractivity contribution in [1.29, 1.82) is 0 Å². The van der Waals surface area contributed by atoms with Crippen LogP contribution in [0.3, 0.4) is 0 Å². The molecule has 0 radical (unpaired) electrons. The van der Waals surface area contributed by atoms with Crippen molar-refractivity contribution in [3.8, 4) is 0 Å². The Kier molecular flexibility index (Phi) is 13.7. The molecule has 0 aliphatic carbocycles. The summed E-state index contributed by atoms with van der Waals surface area (Å²) in [6, 6.07) is 0. The maximum atomic E-state index is 13.0. The molecule has 39 heavy (non-hydrogen) atoms. The van der Waals surface area contributed by atoms with Crippen molar-refractivity contribution in [1.82, 2.24) is 19.5 Å². The minimum Gasteiger partial charge on any atom is -0.400 e. The lowest BCUT2D eigenvalue weighted by Crippen LogP contribution is -2.26. The lowest BCUT2D eigenvalue weighted by Gasteiger charge is -2.23. The molecular formula is C16H32N5O15P3. The van der Waals surface area contributed by atoms with Crippen LogP contribution in [0, 0.1) is 5.92 Å². The average Bonchev–Trinajstić information content (AvgIpc) is 3.41. The summed E-state index contributed by atoms with van der Waals surface area (Å²) in [4.78, 5) is 30.0. The zero-order valence-corrected chi connectivity index (χ0v) is 23.3. The zero-order valence-electron chi connectivity index (χ0n) is 20.6. The van der Waals surface area contributed by atoms with Crippen molar-refractivity contribution in [2.75, 3.05) is 40.8 Å². The molecule has 1 aliphatic heterocycles. The van der Waals surface area contributed by atoms with E-state index in [1.165, 1.54) is 17.2 Å². The quantitative estimate of drug-likeness (QED) is 0.140. The van der Waals surface area contributed by atoms with E-state index in [-0.39, 0.29) is 18.8 Å². The molecule has 5 N–H and O–H groups in total. The van der Waals surface area contributed by atoms with Crippen LogP contribution in [0.25, 0.3) is 11.2 Å². The van der Waals surface area contributed by atoms with Gasteiger partial charge in [0.25, 0.3) is 0 Å². The van der Waals surface area contributed by atoms with Gasteiger partial charge in [-0.3, -0.25) is 13.6 Å². The van der Waals surface area contributed by atoms with Crippen molar-refractivity contribution >= 4 is 40.4 Å². The molecule has 5 unspecified atom stereocenters. The third kappa shape index (κ3) is 8.77. The molecule has 0 spiro atoms. The Morgan fingerprint density at radius 2 is 1.67 bits per heavy atom. The Bertz CT molecular complexity index is 1200. The summed E-state index contributed by atoms with van der Waals surface area (Å²) in [6.45, 7) is 1.01. The fourth-order valence-electron chi connectivity index (χ4n) is 3.07. The number of ether oxygens (including phenoxy) is 1. The summed E-state index contributed by atoms with van der Waals surface area (Å²) in [6.07, 6.45) is -0.520. The van der Waals surface area contributed by atoms with Crippen LogP contribution in [-0.2, 0) is 55.2 Å². The maximum Gasteiger partial charge on any atom is 0.519 e. The lowest BCUT2D eigenvalue weighted by atomic mass is 10.0. The molecule has 0 saturated carbocycles. The van der Waals surface area contributed by atoms with Gasteiger partial charge >= 0.3 is 23.5 Å². The maximum absolute atomic E-state index is 13.0. The van der Waals surface area contributed by atoms with Crippen LogP contribution < -0.4 is 5.73 Å². The van der Waals surface area contributed by atoms with Gasteiger partial charge in [-0.2, -0.15) is 8.62 Å². The Morgan fingerprint density at radius 1 is 1.05 bits per heavy atom. The second-order valence-electron chi connectivity index (χ2n) is 6.98. The van der Waals surface area contributed by atoms with Crippen LogP contribution in [0.2, 0.25) is 0 Å². The molecule has 0 bridgehead atoms. The Hall–Kier alpha value is -1.44. The number of phosphoric ester groups is 1. The van der Waals surface area contributed by atoms with Crippen molar-refractivity contribution in [3.63, 3.8) is 0 Å². The number of phosphoric acid groups is 3. The van der Waals surface area contributed by atoms with Crippen molar-refractivity contribution < 1.29 is 70.3 Å². The van der Waals surface area contributed by atoms with Crippen molar-refractivity contribution in [2.45, 2.75) is 32.8 Å². The molecule has 3 rings (SSSR count). The Balaban J connectivity index is 0.00000248. The minimum absolute atomic E-state index is 0. The number of nitrogen functional groups attached to an aromatic ring is 1. The molecule has 226 valence electrons. The van der Waals surface area contributed by atoms with E-state index in [2.05, 4.69) is 47.2 Å². The van der Waals surface area contributed by atoms with Crippen LogP contribution in [0.4, 0.5) is 5.82 Å². The summed E-state index contributed by atoms with van der Waals surface area (Å²) in [5, 5.41) is 17.7. The predicted octanol–water partition coefficient (Wildman–Crippen LogP) is 1.72. The van der Waals surface area contributed by atoms with Gasteiger partial charge in [-0.25, -0.2) is 38.4 Å². The summed E-state index contributed by atoms with van der Waals surface area (Å²) in [7, 11) is -11.8. The number of fused-ring (bicyclic) bond motifs is 1. The number of nitrogens with zero attached hydrogens (tertiary/aromatic N) is 4. The number of aromatic nitrogens is 4. The number of rotatable bonds is 13. The second kappa shape index (κ2) is 15.0. The molecule has 2 aromatic heterocycles. The first-order valence-electron chi connectivity index (χ1n) is 10.2. The first-order chi connectivity index (χ1) is 17.9. The molecule has 0 amide bonds. The van der Waals surface area contributed by atoms with Gasteiger partial charge in [-0.1, -0.05) is 14.4 Å². The van der Waals surface area contributed by atoms with Gasteiger partial charge in [0.1, 0.15) is 17.9 Å². The van der Waals surface area contributed by atoms with Crippen LogP contribution in [0.5, 0.6) is 0 Å². The molecule has 1 saturated heterocycles. The monoisotopic (exact) mass is 627 g/mol. The molecule has 0 aromatic carbocycles. The number of anilines is 1. The number of imidazole rings is 1. The third-order valence-electron chi connectivity index (χ3n) is 4.76. The van der Waals surface area contributed by atoms with E-state index in [4.69, 9.17) is 20.1 Å². The standard InChI is InChI=1S/C14H24N5O14P3.CH4O.CH4/c1-8-9(29-14(11(8)20)19-7-18-10-12(15)16-6-17-13(10)19)5-28-35(23,30-25-2)33-36(24,31-26-3)32-34(21,22)27-4;1-2;/h6-9,11,14,20H,5H2,1-4H3,(H,21,22)(H2,15,16,17);2H,1H3;1H4/t8-,9?,11-,14?,35?,36?;;/m1../s1. The summed E-state index contributed by atoms with van der Waals surface area (Å²) >= 11 is 0. The number of aliphatic hydroxyl groups is 2. The summed E-state index contributed by atoms with van der Waals surface area (Å²) in [5.41, 5.74) is 6.37. The topological polar surface area (TPSA) is 265 Å². The van der Waals surface area contributed by atoms with Gasteiger partial charge < -0.3 is 25.6 Å². The van der Waals surface area contributed by atoms with E-state index in [1.807, 2.05) is 0 Å². The van der Waals surface area contributed by atoms with E-state index in [0.29, 0.717) is 5.65 Å². The number of hydrogen-bond acceptors (Lipinski definition) is 18. The van der Waals surface area contributed by atoms with Crippen LogP contribution in [0.15, 0.2) is 12.7 Å². The lowest BCUT2D eigenvalue weighted by molar-refractivity contribution is -0.210. The highest BCUT2D eigenvalue weighted by Crippen LogP contribution is 2.71. The summed E-state index contributed by atoms with van der Waals surface area (Å²) < 4.78 is 71.4. The molecule has 23 heteroatoms. The van der Waals surface area contributed by atoms with Crippen LogP contribution in [0.1, 0.15) is 20.6 Å². The van der Waals surface area contributed by atoms with E-state index in [1.54, 1.807) is 6.92 Å². The third-order valence-corrected chi connectivity index (χ3v) is 9.57. The highest BCUT2D eigenvalue weighted by molar-refractivity contribution is 7.67. The van der Waals surface area contributed by atoms with Crippen LogP contribution >= 0.6 is 23.5 Å². The SMILES string of the molecule is C.CO.COOP(=O)(OCC1OC(n2cnc3c(N)ncnc32)[C@H](O)[C@@H]1C)OP(=O)(OOC)OP(=O)(O)OC. The molecule has 3 heterocycles.